The van der Waals surface area contributed by atoms with Gasteiger partial charge in [0, 0.05) is 17.3 Å². The summed E-state index contributed by atoms with van der Waals surface area (Å²) in [5.41, 5.74) is 9.48. The van der Waals surface area contributed by atoms with Gasteiger partial charge >= 0.3 is 0 Å². The summed E-state index contributed by atoms with van der Waals surface area (Å²) in [6.07, 6.45) is 4.63. The third kappa shape index (κ3) is 2.87. The standard InChI is InChI=1S/C20H22N2O2S/c1-23-17-11-10-13(12-18(17)24-14-6-2-3-7-14)22-19(21)15-8-4-5-9-16(15)20(22)25/h4-5,8-12,14,19H,2-3,6-7,21H2,1H3. The van der Waals surface area contributed by atoms with Crippen molar-refractivity contribution in [3.05, 3.63) is 53.6 Å². The number of nitrogens with zero attached hydrogens (tertiary/aromatic N) is 1. The molecule has 1 fully saturated rings. The third-order valence-electron chi connectivity index (χ3n) is 5.03. The fraction of sp³-hybridized carbons (Fsp3) is 0.350. The Hall–Kier alpha value is -2.11. The molecule has 130 valence electrons. The Morgan fingerprint density at radius 2 is 1.84 bits per heavy atom. The second-order valence-electron chi connectivity index (χ2n) is 6.57. The molecule has 2 aromatic rings. The highest BCUT2D eigenvalue weighted by atomic mass is 32.1. The molecule has 0 saturated heterocycles. The van der Waals surface area contributed by atoms with Crippen molar-refractivity contribution >= 4 is 22.9 Å². The van der Waals surface area contributed by atoms with Crippen LogP contribution in [0.15, 0.2) is 42.5 Å². The molecular formula is C20H22N2O2S. The van der Waals surface area contributed by atoms with Crippen molar-refractivity contribution in [2.75, 3.05) is 12.0 Å². The second kappa shape index (κ2) is 6.65. The molecule has 5 heteroatoms. The van der Waals surface area contributed by atoms with Crippen molar-refractivity contribution in [3.63, 3.8) is 0 Å². The van der Waals surface area contributed by atoms with Crippen molar-refractivity contribution in [2.24, 2.45) is 5.73 Å². The lowest BCUT2D eigenvalue weighted by Gasteiger charge is -2.25. The van der Waals surface area contributed by atoms with E-state index in [4.69, 9.17) is 27.4 Å². The van der Waals surface area contributed by atoms with E-state index in [1.807, 2.05) is 47.4 Å². The number of benzene rings is 2. The normalized spacial score (nSPS) is 20.0. The fourth-order valence-corrected chi connectivity index (χ4v) is 4.12. The summed E-state index contributed by atoms with van der Waals surface area (Å²) in [5.74, 6) is 1.50. The zero-order valence-electron chi connectivity index (χ0n) is 14.3. The summed E-state index contributed by atoms with van der Waals surface area (Å²) in [6, 6.07) is 14.0. The van der Waals surface area contributed by atoms with E-state index >= 15 is 0 Å². The number of fused-ring (bicyclic) bond motifs is 1. The first-order chi connectivity index (χ1) is 12.2. The van der Waals surface area contributed by atoms with Crippen LogP contribution in [0.5, 0.6) is 11.5 Å². The highest BCUT2D eigenvalue weighted by molar-refractivity contribution is 7.81. The maximum Gasteiger partial charge on any atom is 0.163 e. The first-order valence-corrected chi connectivity index (χ1v) is 9.12. The van der Waals surface area contributed by atoms with Crippen LogP contribution in [0, 0.1) is 0 Å². The fourth-order valence-electron chi connectivity index (χ4n) is 3.72. The number of rotatable bonds is 4. The quantitative estimate of drug-likeness (QED) is 0.835. The number of hydrogen-bond donors (Lipinski definition) is 1. The zero-order chi connectivity index (χ0) is 17.4. The van der Waals surface area contributed by atoms with E-state index in [0.717, 1.165) is 46.1 Å². The van der Waals surface area contributed by atoms with Gasteiger partial charge in [-0.2, -0.15) is 0 Å². The molecular weight excluding hydrogens is 332 g/mol. The van der Waals surface area contributed by atoms with Gasteiger partial charge in [0.15, 0.2) is 11.5 Å². The van der Waals surface area contributed by atoms with Crippen LogP contribution in [0.4, 0.5) is 5.69 Å². The molecule has 1 heterocycles. The Morgan fingerprint density at radius 1 is 1.08 bits per heavy atom. The van der Waals surface area contributed by atoms with Gasteiger partial charge in [0.25, 0.3) is 0 Å². The van der Waals surface area contributed by atoms with Gasteiger partial charge < -0.3 is 20.1 Å². The number of ether oxygens (including phenoxy) is 2. The summed E-state index contributed by atoms with van der Waals surface area (Å²) in [7, 11) is 1.67. The molecule has 2 N–H and O–H groups in total. The summed E-state index contributed by atoms with van der Waals surface area (Å²) in [4.78, 5) is 2.74. The minimum Gasteiger partial charge on any atom is -0.493 e. The summed E-state index contributed by atoms with van der Waals surface area (Å²) < 4.78 is 11.7. The number of nitrogens with two attached hydrogens (primary N) is 1. The van der Waals surface area contributed by atoms with Crippen molar-refractivity contribution in [1.29, 1.82) is 0 Å². The first-order valence-electron chi connectivity index (χ1n) is 8.72. The largest absolute Gasteiger partial charge is 0.493 e. The molecule has 2 aromatic carbocycles. The SMILES string of the molecule is COc1ccc(N2C(=S)c3ccccc3C2N)cc1OC1CCCC1. The van der Waals surface area contributed by atoms with Gasteiger partial charge in [-0.25, -0.2) is 0 Å². The number of hydrogen-bond acceptors (Lipinski definition) is 4. The van der Waals surface area contributed by atoms with E-state index in [1.54, 1.807) is 7.11 Å². The average molecular weight is 354 g/mol. The van der Waals surface area contributed by atoms with Gasteiger partial charge in [0.1, 0.15) is 11.2 Å². The summed E-state index contributed by atoms with van der Waals surface area (Å²) in [5, 5.41) is 0. The Bertz CT molecular complexity index is 802. The molecule has 1 aliphatic heterocycles. The average Bonchev–Trinajstić information content (AvgIpc) is 3.23. The van der Waals surface area contributed by atoms with Crippen LogP contribution in [0.3, 0.4) is 0 Å². The molecule has 1 aliphatic carbocycles. The minimum atomic E-state index is -0.281. The van der Waals surface area contributed by atoms with Crippen molar-refractivity contribution in [2.45, 2.75) is 38.0 Å². The molecule has 0 amide bonds. The van der Waals surface area contributed by atoms with Crippen molar-refractivity contribution < 1.29 is 9.47 Å². The lowest BCUT2D eigenvalue weighted by atomic mass is 10.1. The molecule has 0 aromatic heterocycles. The number of anilines is 1. The van der Waals surface area contributed by atoms with E-state index < -0.39 is 0 Å². The highest BCUT2D eigenvalue weighted by Crippen LogP contribution is 2.40. The van der Waals surface area contributed by atoms with Crippen LogP contribution >= 0.6 is 12.2 Å². The molecule has 0 bridgehead atoms. The predicted octanol–water partition coefficient (Wildman–Crippen LogP) is 4.17. The topological polar surface area (TPSA) is 47.7 Å². The van der Waals surface area contributed by atoms with Crippen molar-refractivity contribution in [1.82, 2.24) is 0 Å². The van der Waals surface area contributed by atoms with Crippen LogP contribution in [0.2, 0.25) is 0 Å². The molecule has 1 saturated carbocycles. The van der Waals surface area contributed by atoms with Gasteiger partial charge in [0.05, 0.1) is 13.2 Å². The molecule has 1 atom stereocenters. The van der Waals surface area contributed by atoms with Crippen LogP contribution in [0.1, 0.15) is 43.0 Å². The third-order valence-corrected chi connectivity index (χ3v) is 5.44. The smallest absolute Gasteiger partial charge is 0.163 e. The van der Waals surface area contributed by atoms with Gasteiger partial charge in [0.2, 0.25) is 0 Å². The molecule has 0 spiro atoms. The number of thiocarbonyl (C=S) groups is 1. The highest BCUT2D eigenvalue weighted by Gasteiger charge is 2.32. The molecule has 25 heavy (non-hydrogen) atoms. The van der Waals surface area contributed by atoms with Gasteiger partial charge in [-0.05, 0) is 43.4 Å². The molecule has 4 rings (SSSR count). The maximum absolute atomic E-state index is 6.46. The Balaban J connectivity index is 1.68. The first kappa shape index (κ1) is 16.4. The van der Waals surface area contributed by atoms with Crippen LogP contribution in [-0.4, -0.2) is 18.2 Å². The van der Waals surface area contributed by atoms with Gasteiger partial charge in [-0.1, -0.05) is 36.5 Å². The van der Waals surface area contributed by atoms with E-state index in [9.17, 15) is 0 Å². The summed E-state index contributed by atoms with van der Waals surface area (Å²) >= 11 is 5.68. The molecule has 4 nitrogen and oxygen atoms in total. The molecule has 2 aliphatic rings. The van der Waals surface area contributed by atoms with Gasteiger partial charge in [-0.3, -0.25) is 0 Å². The zero-order valence-corrected chi connectivity index (χ0v) is 15.1. The molecule has 0 radical (unpaired) electrons. The van der Waals surface area contributed by atoms with E-state index in [1.165, 1.54) is 12.8 Å². The lowest BCUT2D eigenvalue weighted by molar-refractivity contribution is 0.201. The van der Waals surface area contributed by atoms with Crippen LogP contribution in [-0.2, 0) is 0 Å². The van der Waals surface area contributed by atoms with E-state index in [-0.39, 0.29) is 12.3 Å². The van der Waals surface area contributed by atoms with Gasteiger partial charge in [-0.15, -0.1) is 0 Å². The van der Waals surface area contributed by atoms with Crippen LogP contribution in [0.25, 0.3) is 0 Å². The van der Waals surface area contributed by atoms with E-state index in [2.05, 4.69) is 0 Å². The summed E-state index contributed by atoms with van der Waals surface area (Å²) in [6.45, 7) is 0. The number of methoxy groups -OCH3 is 1. The minimum absolute atomic E-state index is 0.264. The lowest BCUT2D eigenvalue weighted by Crippen LogP contribution is -2.32. The Morgan fingerprint density at radius 3 is 2.56 bits per heavy atom. The van der Waals surface area contributed by atoms with Crippen LogP contribution < -0.4 is 20.1 Å². The van der Waals surface area contributed by atoms with E-state index in [0.29, 0.717) is 0 Å². The Kier molecular flexibility index (Phi) is 4.36. The predicted molar refractivity (Wildman–Crippen MR) is 103 cm³/mol. The van der Waals surface area contributed by atoms with Crippen molar-refractivity contribution in [3.8, 4) is 11.5 Å². The second-order valence-corrected chi connectivity index (χ2v) is 6.95. The monoisotopic (exact) mass is 354 g/mol. The Labute approximate surface area is 153 Å². The molecule has 1 unspecified atom stereocenters. The maximum atomic E-state index is 6.46.